The first-order valence-electron chi connectivity index (χ1n) is 7.51. The summed E-state index contributed by atoms with van der Waals surface area (Å²) in [6.07, 6.45) is 0.590. The highest BCUT2D eigenvalue weighted by Gasteiger charge is 2.13. The van der Waals surface area contributed by atoms with Gasteiger partial charge in [-0.05, 0) is 29.8 Å². The van der Waals surface area contributed by atoms with E-state index in [-0.39, 0.29) is 5.82 Å². The number of anilines is 1. The number of rotatable bonds is 3. The molecule has 2 heterocycles. The number of halogens is 1. The van der Waals surface area contributed by atoms with Gasteiger partial charge in [0, 0.05) is 11.8 Å². The second-order valence-electron chi connectivity index (χ2n) is 5.56. The minimum Gasteiger partial charge on any atom is -0.494 e. The summed E-state index contributed by atoms with van der Waals surface area (Å²) in [5.41, 5.74) is 9.45. The van der Waals surface area contributed by atoms with Crippen molar-refractivity contribution in [1.82, 2.24) is 14.6 Å². The van der Waals surface area contributed by atoms with E-state index in [1.54, 1.807) is 23.8 Å². The lowest BCUT2D eigenvalue weighted by molar-refractivity contribution is 0.419. The Bertz CT molecular complexity index is 1040. The number of para-hydroxylation sites is 1. The van der Waals surface area contributed by atoms with Gasteiger partial charge in [-0.3, -0.25) is 0 Å². The number of nitrogen functional groups attached to an aromatic ring is 1. The lowest BCUT2D eigenvalue weighted by Gasteiger charge is -2.07. The molecule has 0 radical (unpaired) electrons. The van der Waals surface area contributed by atoms with Crippen LogP contribution in [-0.4, -0.2) is 21.7 Å². The Kier molecular flexibility index (Phi) is 3.30. The molecular formula is C18H15FN4O. The minimum atomic E-state index is -0.250. The molecule has 6 heteroatoms. The average Bonchev–Trinajstić information content (AvgIpc) is 3.01. The van der Waals surface area contributed by atoms with Gasteiger partial charge < -0.3 is 10.5 Å². The van der Waals surface area contributed by atoms with E-state index in [2.05, 4.69) is 10.1 Å². The number of ether oxygens (including phenoxy) is 1. The van der Waals surface area contributed by atoms with E-state index in [0.29, 0.717) is 23.6 Å². The van der Waals surface area contributed by atoms with E-state index >= 15 is 0 Å². The van der Waals surface area contributed by atoms with E-state index in [9.17, 15) is 4.39 Å². The lowest BCUT2D eigenvalue weighted by atomic mass is 10.1. The summed E-state index contributed by atoms with van der Waals surface area (Å²) in [4.78, 5) is 4.41. The Balaban J connectivity index is 1.86. The number of aromatic nitrogens is 3. The maximum Gasteiger partial charge on any atom is 0.222 e. The van der Waals surface area contributed by atoms with Crippen molar-refractivity contribution in [2.75, 3.05) is 12.8 Å². The fourth-order valence-corrected chi connectivity index (χ4v) is 2.87. The summed E-state index contributed by atoms with van der Waals surface area (Å²) in [7, 11) is 1.60. The number of hydrogen-bond donors (Lipinski definition) is 1. The van der Waals surface area contributed by atoms with Gasteiger partial charge in [-0.2, -0.15) is 9.61 Å². The molecule has 0 fully saturated rings. The van der Waals surface area contributed by atoms with Crippen LogP contribution >= 0.6 is 0 Å². The molecule has 2 aromatic carbocycles. The van der Waals surface area contributed by atoms with E-state index in [1.807, 2.05) is 24.3 Å². The van der Waals surface area contributed by atoms with Gasteiger partial charge in [-0.25, -0.2) is 9.37 Å². The van der Waals surface area contributed by atoms with Crippen LogP contribution in [0.4, 0.5) is 10.3 Å². The van der Waals surface area contributed by atoms with Gasteiger partial charge in [0.2, 0.25) is 5.95 Å². The first-order valence-corrected chi connectivity index (χ1v) is 7.51. The lowest BCUT2D eigenvalue weighted by Crippen LogP contribution is -2.03. The molecule has 4 rings (SSSR count). The van der Waals surface area contributed by atoms with Crippen LogP contribution in [0.2, 0.25) is 0 Å². The van der Waals surface area contributed by atoms with Crippen LogP contribution in [0.15, 0.2) is 48.5 Å². The predicted molar refractivity (Wildman–Crippen MR) is 90.7 cm³/mol. The molecule has 0 unspecified atom stereocenters. The third-order valence-corrected chi connectivity index (χ3v) is 4.00. The molecular weight excluding hydrogens is 307 g/mol. The Morgan fingerprint density at radius 3 is 2.71 bits per heavy atom. The summed E-state index contributed by atoms with van der Waals surface area (Å²) in [6.45, 7) is 0. The zero-order valence-corrected chi connectivity index (χ0v) is 13.0. The maximum absolute atomic E-state index is 13.0. The van der Waals surface area contributed by atoms with Gasteiger partial charge in [-0.15, -0.1) is 0 Å². The Labute approximate surface area is 137 Å². The van der Waals surface area contributed by atoms with Crippen molar-refractivity contribution in [2.45, 2.75) is 6.42 Å². The SMILES string of the molecule is COc1cccc2c1nc(N)n1nc(Cc3ccc(F)cc3)cc21. The fraction of sp³-hybridized carbons (Fsp3) is 0.111. The first-order chi connectivity index (χ1) is 11.7. The molecule has 0 atom stereocenters. The standard InChI is InChI=1S/C18H15FN4O/c1-24-16-4-2-3-14-15-10-13(9-11-5-7-12(19)8-6-11)22-23(15)18(20)21-17(14)16/h2-8,10H,9H2,1H3,(H2,20,21). The monoisotopic (exact) mass is 322 g/mol. The number of hydrogen-bond acceptors (Lipinski definition) is 4. The van der Waals surface area contributed by atoms with E-state index < -0.39 is 0 Å². The van der Waals surface area contributed by atoms with Gasteiger partial charge in [-0.1, -0.05) is 24.3 Å². The molecule has 5 nitrogen and oxygen atoms in total. The summed E-state index contributed by atoms with van der Waals surface area (Å²) < 4.78 is 20.0. The highest BCUT2D eigenvalue weighted by molar-refractivity contribution is 5.97. The smallest absolute Gasteiger partial charge is 0.222 e. The molecule has 0 aliphatic rings. The van der Waals surface area contributed by atoms with Gasteiger partial charge >= 0.3 is 0 Å². The van der Waals surface area contributed by atoms with Crippen LogP contribution < -0.4 is 10.5 Å². The summed E-state index contributed by atoms with van der Waals surface area (Å²) >= 11 is 0. The van der Waals surface area contributed by atoms with Crippen molar-refractivity contribution in [3.8, 4) is 5.75 Å². The number of benzene rings is 2. The Morgan fingerprint density at radius 1 is 1.17 bits per heavy atom. The van der Waals surface area contributed by atoms with Gasteiger partial charge in [0.1, 0.15) is 17.1 Å². The van der Waals surface area contributed by atoms with Crippen LogP contribution in [0.3, 0.4) is 0 Å². The molecule has 0 aliphatic carbocycles. The zero-order valence-electron chi connectivity index (χ0n) is 13.0. The molecule has 2 aromatic heterocycles. The van der Waals surface area contributed by atoms with Crippen molar-refractivity contribution < 1.29 is 9.13 Å². The van der Waals surface area contributed by atoms with Gasteiger partial charge in [0.15, 0.2) is 0 Å². The first kappa shape index (κ1) is 14.4. The second kappa shape index (κ2) is 5.49. The van der Waals surface area contributed by atoms with Crippen molar-refractivity contribution >= 4 is 22.4 Å². The van der Waals surface area contributed by atoms with Crippen LogP contribution in [0.25, 0.3) is 16.4 Å². The number of fused-ring (bicyclic) bond motifs is 3. The van der Waals surface area contributed by atoms with Crippen LogP contribution in [-0.2, 0) is 6.42 Å². The van der Waals surface area contributed by atoms with E-state index in [4.69, 9.17) is 10.5 Å². The Morgan fingerprint density at radius 2 is 1.96 bits per heavy atom. The minimum absolute atomic E-state index is 0.250. The molecule has 0 spiro atoms. The molecule has 0 amide bonds. The van der Waals surface area contributed by atoms with Gasteiger partial charge in [0.25, 0.3) is 0 Å². The number of nitrogens with two attached hydrogens (primary N) is 1. The summed E-state index contributed by atoms with van der Waals surface area (Å²) in [6, 6.07) is 14.1. The molecule has 120 valence electrons. The topological polar surface area (TPSA) is 65.4 Å². The van der Waals surface area contributed by atoms with E-state index in [1.165, 1.54) is 12.1 Å². The molecule has 0 saturated carbocycles. The molecule has 0 saturated heterocycles. The second-order valence-corrected chi connectivity index (χ2v) is 5.56. The van der Waals surface area contributed by atoms with Crippen molar-refractivity contribution in [3.05, 3.63) is 65.6 Å². The third-order valence-electron chi connectivity index (χ3n) is 4.00. The number of nitrogens with zero attached hydrogens (tertiary/aromatic N) is 3. The quantitative estimate of drug-likeness (QED) is 0.629. The van der Waals surface area contributed by atoms with Crippen molar-refractivity contribution in [2.24, 2.45) is 0 Å². The molecule has 2 N–H and O–H groups in total. The normalized spacial score (nSPS) is 11.2. The zero-order chi connectivity index (χ0) is 16.7. The van der Waals surface area contributed by atoms with Crippen LogP contribution in [0.1, 0.15) is 11.3 Å². The summed E-state index contributed by atoms with van der Waals surface area (Å²) in [5, 5.41) is 5.45. The highest BCUT2D eigenvalue weighted by Crippen LogP contribution is 2.29. The fourth-order valence-electron chi connectivity index (χ4n) is 2.87. The Hall–Kier alpha value is -3.15. The van der Waals surface area contributed by atoms with E-state index in [0.717, 1.165) is 22.2 Å². The predicted octanol–water partition coefficient (Wildman–Crippen LogP) is 3.20. The molecule has 0 bridgehead atoms. The van der Waals surface area contributed by atoms with Crippen molar-refractivity contribution in [3.63, 3.8) is 0 Å². The third kappa shape index (κ3) is 2.32. The van der Waals surface area contributed by atoms with Gasteiger partial charge in [0.05, 0.1) is 18.3 Å². The average molecular weight is 322 g/mol. The van der Waals surface area contributed by atoms with Crippen LogP contribution in [0, 0.1) is 5.82 Å². The van der Waals surface area contributed by atoms with Crippen molar-refractivity contribution in [1.29, 1.82) is 0 Å². The van der Waals surface area contributed by atoms with Crippen LogP contribution in [0.5, 0.6) is 5.75 Å². The maximum atomic E-state index is 13.0. The highest BCUT2D eigenvalue weighted by atomic mass is 19.1. The molecule has 24 heavy (non-hydrogen) atoms. The molecule has 4 aromatic rings. The molecule has 0 aliphatic heterocycles. The largest absolute Gasteiger partial charge is 0.494 e. The summed E-state index contributed by atoms with van der Waals surface area (Å²) in [5.74, 6) is 0.718. The number of methoxy groups -OCH3 is 1.